The highest BCUT2D eigenvalue weighted by Gasteiger charge is 2.13. The Morgan fingerprint density at radius 1 is 0.758 bits per heavy atom. The molecule has 0 radical (unpaired) electrons. The third-order valence-electron chi connectivity index (χ3n) is 6.67. The lowest BCUT2D eigenvalue weighted by molar-refractivity contribution is 1.01. The van der Waals surface area contributed by atoms with Gasteiger partial charge >= 0.3 is 0 Å². The number of aryl methyl sites for hydroxylation is 1. The molecule has 33 heavy (non-hydrogen) atoms. The maximum Gasteiger partial charge on any atom is 0.0434 e. The van der Waals surface area contributed by atoms with Crippen LogP contribution in [0.5, 0.6) is 0 Å². The van der Waals surface area contributed by atoms with Crippen molar-refractivity contribution in [1.82, 2.24) is 0 Å². The second-order valence-corrected chi connectivity index (χ2v) is 10.0. The first-order valence-electron chi connectivity index (χ1n) is 11.7. The summed E-state index contributed by atoms with van der Waals surface area (Å²) in [5, 5.41) is 2.74. The molecule has 0 N–H and O–H groups in total. The lowest BCUT2D eigenvalue weighted by Crippen LogP contribution is -1.98. The van der Waals surface area contributed by atoms with Crippen molar-refractivity contribution in [3.8, 4) is 11.1 Å². The summed E-state index contributed by atoms with van der Waals surface area (Å²) in [6.07, 6.45) is 7.89. The zero-order valence-corrected chi connectivity index (χ0v) is 19.7. The summed E-state index contributed by atoms with van der Waals surface area (Å²) in [6.45, 7) is 2.21. The van der Waals surface area contributed by atoms with Crippen LogP contribution >= 0.6 is 11.3 Å². The van der Waals surface area contributed by atoms with Crippen LogP contribution in [0.1, 0.15) is 29.5 Å². The van der Waals surface area contributed by atoms with Gasteiger partial charge in [-0.3, -0.25) is 0 Å². The van der Waals surface area contributed by atoms with Crippen LogP contribution in [-0.2, 0) is 6.42 Å². The van der Waals surface area contributed by atoms with Crippen molar-refractivity contribution in [3.05, 3.63) is 125 Å². The van der Waals surface area contributed by atoms with Crippen LogP contribution in [-0.4, -0.2) is 0 Å². The second-order valence-electron chi connectivity index (χ2n) is 8.97. The molecule has 0 atom stereocenters. The van der Waals surface area contributed by atoms with Gasteiger partial charge in [-0.25, -0.2) is 0 Å². The molecule has 0 amide bonds. The van der Waals surface area contributed by atoms with E-state index >= 15 is 0 Å². The van der Waals surface area contributed by atoms with Crippen LogP contribution in [0, 0.1) is 6.92 Å². The Morgan fingerprint density at radius 2 is 1.55 bits per heavy atom. The summed E-state index contributed by atoms with van der Waals surface area (Å²) in [5.74, 6) is 0. The van der Waals surface area contributed by atoms with Crippen LogP contribution in [0.4, 0.5) is 0 Å². The highest BCUT2D eigenvalue weighted by molar-refractivity contribution is 7.26. The van der Waals surface area contributed by atoms with E-state index in [0.717, 1.165) is 19.3 Å². The van der Waals surface area contributed by atoms with Gasteiger partial charge in [-0.15, -0.1) is 11.3 Å². The topological polar surface area (TPSA) is 0 Å². The minimum Gasteiger partial charge on any atom is -0.135 e. The fraction of sp³-hybridized carbons (Fsp3) is 0.125. The highest BCUT2D eigenvalue weighted by Crippen LogP contribution is 2.41. The van der Waals surface area contributed by atoms with Crippen molar-refractivity contribution in [1.29, 1.82) is 0 Å². The molecule has 160 valence electrons. The predicted octanol–water partition coefficient (Wildman–Crippen LogP) is 9.38. The number of rotatable bonds is 4. The molecule has 1 aromatic heterocycles. The van der Waals surface area contributed by atoms with E-state index in [-0.39, 0.29) is 0 Å². The van der Waals surface area contributed by atoms with Gasteiger partial charge in [0.05, 0.1) is 0 Å². The quantitative estimate of drug-likeness (QED) is 0.260. The third kappa shape index (κ3) is 3.83. The maximum atomic E-state index is 2.34. The lowest BCUT2D eigenvalue weighted by atomic mass is 9.88. The van der Waals surface area contributed by atoms with Crippen molar-refractivity contribution in [3.63, 3.8) is 0 Å². The van der Waals surface area contributed by atoms with Gasteiger partial charge < -0.3 is 0 Å². The highest BCUT2D eigenvalue weighted by atomic mass is 32.1. The summed E-state index contributed by atoms with van der Waals surface area (Å²) in [7, 11) is 0. The Hall–Kier alpha value is -3.42. The molecule has 1 heterocycles. The molecule has 0 bridgehead atoms. The van der Waals surface area contributed by atoms with Crippen molar-refractivity contribution >= 4 is 37.1 Å². The Kier molecular flexibility index (Phi) is 5.20. The first-order chi connectivity index (χ1) is 16.3. The van der Waals surface area contributed by atoms with Crippen molar-refractivity contribution < 1.29 is 0 Å². The number of benzene rings is 4. The van der Waals surface area contributed by atoms with Gasteiger partial charge in [0, 0.05) is 20.2 Å². The minimum absolute atomic E-state index is 0.979. The van der Waals surface area contributed by atoms with E-state index in [1.165, 1.54) is 59.1 Å². The van der Waals surface area contributed by atoms with E-state index in [0.29, 0.717) is 0 Å². The van der Waals surface area contributed by atoms with Crippen LogP contribution in [0.15, 0.2) is 109 Å². The van der Waals surface area contributed by atoms with E-state index in [9.17, 15) is 0 Å². The monoisotopic (exact) mass is 442 g/mol. The van der Waals surface area contributed by atoms with E-state index in [1.54, 1.807) is 0 Å². The number of hydrogen-bond acceptors (Lipinski definition) is 1. The molecule has 0 saturated carbocycles. The standard InChI is InChI=1S/C32H26S/c1-22-19-29(32-30(20-22)28-13-7-8-14-31(28)33-32)25-17-15-23(16-18-25)21-26-11-5-6-12-27(26)24-9-3-2-4-10-24/h2-5,7-11,13-20H,6,12,21H2,1H3. The SMILES string of the molecule is Cc1cc(-c2ccc(CC3=C(c4ccccc4)CCC=C3)cc2)c2sc3ccccc3c2c1. The Morgan fingerprint density at radius 3 is 2.39 bits per heavy atom. The van der Waals surface area contributed by atoms with E-state index in [1.807, 2.05) is 11.3 Å². The smallest absolute Gasteiger partial charge is 0.0434 e. The van der Waals surface area contributed by atoms with Crippen LogP contribution in [0.3, 0.4) is 0 Å². The molecule has 0 spiro atoms. The zero-order chi connectivity index (χ0) is 22.2. The summed E-state index contributed by atoms with van der Waals surface area (Å²) in [6, 6.07) is 33.5. The van der Waals surface area contributed by atoms with E-state index < -0.39 is 0 Å². The van der Waals surface area contributed by atoms with Gasteiger partial charge in [0.1, 0.15) is 0 Å². The van der Waals surface area contributed by atoms with E-state index in [4.69, 9.17) is 0 Å². The van der Waals surface area contributed by atoms with Crippen molar-refractivity contribution in [2.45, 2.75) is 26.2 Å². The van der Waals surface area contributed by atoms with Crippen LogP contribution in [0.2, 0.25) is 0 Å². The first-order valence-corrected chi connectivity index (χ1v) is 12.5. The Labute approximate surface area is 199 Å². The van der Waals surface area contributed by atoms with Crippen LogP contribution in [0.25, 0.3) is 36.9 Å². The average molecular weight is 443 g/mol. The first kappa shape index (κ1) is 20.2. The molecule has 0 aliphatic heterocycles. The summed E-state index contributed by atoms with van der Waals surface area (Å²) in [4.78, 5) is 0. The molecule has 5 aromatic rings. The molecular formula is C32H26S. The molecule has 0 nitrogen and oxygen atoms in total. The van der Waals surface area contributed by atoms with Gasteiger partial charge in [0.2, 0.25) is 0 Å². The van der Waals surface area contributed by atoms with Gasteiger partial charge in [-0.05, 0) is 83.3 Å². The fourth-order valence-corrected chi connectivity index (χ4v) is 6.28. The fourth-order valence-electron chi connectivity index (χ4n) is 5.06. The van der Waals surface area contributed by atoms with Crippen LogP contribution < -0.4 is 0 Å². The van der Waals surface area contributed by atoms with E-state index in [2.05, 4.69) is 110 Å². The maximum absolute atomic E-state index is 2.34. The molecule has 0 unspecified atom stereocenters. The second kappa shape index (κ2) is 8.50. The minimum atomic E-state index is 0.979. The summed E-state index contributed by atoms with van der Waals surface area (Å²) in [5.41, 5.74) is 9.63. The van der Waals surface area contributed by atoms with Gasteiger partial charge in [0.15, 0.2) is 0 Å². The molecule has 0 saturated heterocycles. The van der Waals surface area contributed by atoms with Gasteiger partial charge in [-0.1, -0.05) is 84.9 Å². The van der Waals surface area contributed by atoms with Gasteiger partial charge in [-0.2, -0.15) is 0 Å². The zero-order valence-electron chi connectivity index (χ0n) is 18.8. The van der Waals surface area contributed by atoms with Gasteiger partial charge in [0.25, 0.3) is 0 Å². The molecule has 1 heteroatoms. The number of thiophene rings is 1. The normalized spacial score (nSPS) is 13.8. The summed E-state index contributed by atoms with van der Waals surface area (Å²) >= 11 is 1.91. The number of allylic oxidation sites excluding steroid dienone is 4. The van der Waals surface area contributed by atoms with Crippen molar-refractivity contribution in [2.24, 2.45) is 0 Å². The Balaban J connectivity index is 1.37. The molecule has 1 aliphatic carbocycles. The molecular weight excluding hydrogens is 416 g/mol. The molecule has 4 aromatic carbocycles. The molecule has 0 fully saturated rings. The lowest BCUT2D eigenvalue weighted by Gasteiger charge is -2.17. The van der Waals surface area contributed by atoms with Crippen molar-refractivity contribution in [2.75, 3.05) is 0 Å². The average Bonchev–Trinajstić information content (AvgIpc) is 3.23. The Bertz CT molecular complexity index is 1510. The largest absolute Gasteiger partial charge is 0.135 e. The molecule has 6 rings (SSSR count). The molecule has 1 aliphatic rings. The number of fused-ring (bicyclic) bond motifs is 3. The predicted molar refractivity (Wildman–Crippen MR) is 145 cm³/mol. The number of hydrogen-bond donors (Lipinski definition) is 0. The third-order valence-corrected chi connectivity index (χ3v) is 7.89. The summed E-state index contributed by atoms with van der Waals surface area (Å²) < 4.78 is 2.75.